The zero-order chi connectivity index (χ0) is 11.8. The van der Waals surface area contributed by atoms with Crippen LogP contribution >= 0.6 is 0 Å². The zero-order valence-corrected chi connectivity index (χ0v) is 8.14. The number of ketones is 1. The highest BCUT2D eigenvalue weighted by atomic mass is 19.4. The molecule has 0 saturated heterocycles. The summed E-state index contributed by atoms with van der Waals surface area (Å²) in [7, 11) is 0. The van der Waals surface area contributed by atoms with Crippen molar-refractivity contribution in [3.63, 3.8) is 0 Å². The van der Waals surface area contributed by atoms with Crippen LogP contribution in [0.15, 0.2) is 12.1 Å². The van der Waals surface area contributed by atoms with Crippen LogP contribution in [-0.4, -0.2) is 10.9 Å². The molecule has 0 atom stereocenters. The molecule has 82 valence electrons. The average Bonchev–Trinajstić information content (AvgIpc) is 2.06. The van der Waals surface area contributed by atoms with Crippen molar-refractivity contribution in [3.8, 4) is 5.75 Å². The van der Waals surface area contributed by atoms with Gasteiger partial charge in [0, 0.05) is 5.56 Å². The Hall–Kier alpha value is -1.52. The molecule has 15 heavy (non-hydrogen) atoms. The fraction of sp³-hybridized carbons (Fsp3) is 0.300. The first-order valence-corrected chi connectivity index (χ1v) is 4.16. The molecule has 0 radical (unpaired) electrons. The predicted octanol–water partition coefficient (Wildman–Crippen LogP) is 2.92. The maximum Gasteiger partial charge on any atom is 0.416 e. The summed E-state index contributed by atoms with van der Waals surface area (Å²) in [5, 5.41) is 9.39. The average molecular weight is 218 g/mol. The first kappa shape index (κ1) is 11.6. The molecule has 1 aromatic carbocycles. The Morgan fingerprint density at radius 3 is 2.27 bits per heavy atom. The number of carbonyl (C=O) groups excluding carboxylic acids is 1. The van der Waals surface area contributed by atoms with E-state index in [4.69, 9.17) is 0 Å². The Morgan fingerprint density at radius 1 is 1.33 bits per heavy atom. The van der Waals surface area contributed by atoms with Crippen LogP contribution in [0.3, 0.4) is 0 Å². The summed E-state index contributed by atoms with van der Waals surface area (Å²) in [6, 6.07) is 1.78. The fourth-order valence-corrected chi connectivity index (χ4v) is 1.29. The first-order chi connectivity index (χ1) is 6.75. The molecule has 0 saturated carbocycles. The van der Waals surface area contributed by atoms with E-state index in [0.717, 1.165) is 19.1 Å². The lowest BCUT2D eigenvalue weighted by atomic mass is 10.0. The minimum atomic E-state index is -4.52. The largest absolute Gasteiger partial charge is 0.507 e. The minimum absolute atomic E-state index is 0.0968. The Labute approximate surface area is 84.3 Å². The third-order valence-electron chi connectivity index (χ3n) is 2.12. The second kappa shape index (κ2) is 3.56. The van der Waals surface area contributed by atoms with Gasteiger partial charge in [-0.25, -0.2) is 0 Å². The molecular formula is C10H9F3O2. The van der Waals surface area contributed by atoms with Gasteiger partial charge in [-0.05, 0) is 26.0 Å². The highest BCUT2D eigenvalue weighted by molar-refractivity contribution is 5.97. The van der Waals surface area contributed by atoms with E-state index in [-0.39, 0.29) is 11.1 Å². The van der Waals surface area contributed by atoms with E-state index in [1.807, 2.05) is 0 Å². The zero-order valence-electron chi connectivity index (χ0n) is 8.14. The summed E-state index contributed by atoms with van der Waals surface area (Å²) in [5.41, 5.74) is -1.35. The number of hydrogen-bond acceptors (Lipinski definition) is 2. The highest BCUT2D eigenvalue weighted by Crippen LogP contribution is 2.36. The molecule has 0 unspecified atom stereocenters. The van der Waals surface area contributed by atoms with Crippen molar-refractivity contribution in [1.29, 1.82) is 0 Å². The standard InChI is InChI=1S/C10H9F3O2/c1-5-8(10(11,12)13)4-3-7(6(2)14)9(5)15/h3-4,15H,1-2H3. The maximum atomic E-state index is 12.4. The van der Waals surface area contributed by atoms with Gasteiger partial charge in [0.05, 0.1) is 11.1 Å². The number of alkyl halides is 3. The molecule has 0 heterocycles. The van der Waals surface area contributed by atoms with Crippen molar-refractivity contribution in [3.05, 3.63) is 28.8 Å². The summed E-state index contributed by atoms with van der Waals surface area (Å²) in [6.07, 6.45) is -4.52. The van der Waals surface area contributed by atoms with E-state index >= 15 is 0 Å². The summed E-state index contributed by atoms with van der Waals surface area (Å²) in [5.74, 6) is -1.07. The molecule has 0 fully saturated rings. The number of phenolic OH excluding ortho intramolecular Hbond substituents is 1. The number of rotatable bonds is 1. The monoisotopic (exact) mass is 218 g/mol. The second-order valence-electron chi connectivity index (χ2n) is 3.19. The van der Waals surface area contributed by atoms with Crippen molar-refractivity contribution in [1.82, 2.24) is 0 Å². The van der Waals surface area contributed by atoms with Crippen LogP contribution in [0.4, 0.5) is 13.2 Å². The van der Waals surface area contributed by atoms with Crippen LogP contribution in [0.1, 0.15) is 28.4 Å². The molecule has 1 aromatic rings. The van der Waals surface area contributed by atoms with E-state index in [1.165, 1.54) is 6.92 Å². The number of aromatic hydroxyl groups is 1. The molecule has 0 amide bonds. The summed E-state index contributed by atoms with van der Waals surface area (Å²) >= 11 is 0. The molecule has 1 N–H and O–H groups in total. The van der Waals surface area contributed by atoms with E-state index in [0.29, 0.717) is 0 Å². The molecule has 1 rings (SSSR count). The smallest absolute Gasteiger partial charge is 0.416 e. The molecule has 5 heteroatoms. The van der Waals surface area contributed by atoms with Crippen molar-refractivity contribution in [2.24, 2.45) is 0 Å². The lowest BCUT2D eigenvalue weighted by molar-refractivity contribution is -0.138. The van der Waals surface area contributed by atoms with Gasteiger partial charge < -0.3 is 5.11 Å². The third-order valence-corrected chi connectivity index (χ3v) is 2.12. The van der Waals surface area contributed by atoms with Crippen LogP contribution in [0, 0.1) is 6.92 Å². The van der Waals surface area contributed by atoms with Gasteiger partial charge in [0.15, 0.2) is 5.78 Å². The van der Waals surface area contributed by atoms with Crippen LogP contribution in [0.2, 0.25) is 0 Å². The Morgan fingerprint density at radius 2 is 1.87 bits per heavy atom. The quantitative estimate of drug-likeness (QED) is 0.736. The van der Waals surface area contributed by atoms with Crippen molar-refractivity contribution < 1.29 is 23.1 Å². The summed E-state index contributed by atoms with van der Waals surface area (Å²) in [4.78, 5) is 10.9. The van der Waals surface area contributed by atoms with Gasteiger partial charge in [-0.15, -0.1) is 0 Å². The van der Waals surface area contributed by atoms with Gasteiger partial charge in [0.2, 0.25) is 0 Å². The molecule has 0 aliphatic heterocycles. The normalized spacial score (nSPS) is 11.5. The summed E-state index contributed by atoms with van der Waals surface area (Å²) in [6.45, 7) is 2.31. The third kappa shape index (κ3) is 2.11. The highest BCUT2D eigenvalue weighted by Gasteiger charge is 2.33. The molecule has 0 aromatic heterocycles. The van der Waals surface area contributed by atoms with Crippen molar-refractivity contribution in [2.45, 2.75) is 20.0 Å². The Kier molecular flexibility index (Phi) is 2.75. The van der Waals surface area contributed by atoms with E-state index in [2.05, 4.69) is 0 Å². The maximum absolute atomic E-state index is 12.4. The lowest BCUT2D eigenvalue weighted by Crippen LogP contribution is -2.08. The van der Waals surface area contributed by atoms with E-state index < -0.39 is 23.3 Å². The van der Waals surface area contributed by atoms with E-state index in [9.17, 15) is 23.1 Å². The number of hydrogen-bond donors (Lipinski definition) is 1. The first-order valence-electron chi connectivity index (χ1n) is 4.16. The van der Waals surface area contributed by atoms with Gasteiger partial charge >= 0.3 is 6.18 Å². The lowest BCUT2D eigenvalue weighted by Gasteiger charge is -2.12. The molecular weight excluding hydrogens is 209 g/mol. The van der Waals surface area contributed by atoms with Gasteiger partial charge in [-0.2, -0.15) is 13.2 Å². The topological polar surface area (TPSA) is 37.3 Å². The number of carbonyl (C=O) groups is 1. The SMILES string of the molecule is CC(=O)c1ccc(C(F)(F)F)c(C)c1O. The molecule has 0 spiro atoms. The van der Waals surface area contributed by atoms with Gasteiger partial charge in [0.25, 0.3) is 0 Å². The predicted molar refractivity (Wildman–Crippen MR) is 47.9 cm³/mol. The number of phenols is 1. The Balaban J connectivity index is 3.41. The van der Waals surface area contributed by atoms with Crippen molar-refractivity contribution in [2.75, 3.05) is 0 Å². The van der Waals surface area contributed by atoms with Gasteiger partial charge in [-0.3, -0.25) is 4.79 Å². The van der Waals surface area contributed by atoms with Crippen LogP contribution < -0.4 is 0 Å². The number of Topliss-reactive ketones (excluding diaryl/α,β-unsaturated/α-hetero) is 1. The van der Waals surface area contributed by atoms with Crippen LogP contribution in [0.25, 0.3) is 0 Å². The van der Waals surface area contributed by atoms with Crippen molar-refractivity contribution >= 4 is 5.78 Å². The van der Waals surface area contributed by atoms with E-state index in [1.54, 1.807) is 0 Å². The molecule has 2 nitrogen and oxygen atoms in total. The number of benzene rings is 1. The fourth-order valence-electron chi connectivity index (χ4n) is 1.29. The summed E-state index contributed by atoms with van der Waals surface area (Å²) < 4.78 is 37.1. The Bertz CT molecular complexity index is 408. The van der Waals surface area contributed by atoms with Gasteiger partial charge in [0.1, 0.15) is 5.75 Å². The molecule has 0 bridgehead atoms. The van der Waals surface area contributed by atoms with Crippen LogP contribution in [0.5, 0.6) is 5.75 Å². The van der Waals surface area contributed by atoms with Gasteiger partial charge in [-0.1, -0.05) is 0 Å². The molecule has 0 aliphatic rings. The number of halogens is 3. The second-order valence-corrected chi connectivity index (χ2v) is 3.19. The minimum Gasteiger partial charge on any atom is -0.507 e. The molecule has 0 aliphatic carbocycles. The van der Waals surface area contributed by atoms with Crippen LogP contribution in [-0.2, 0) is 6.18 Å².